The molecule has 8 nitrogen and oxygen atoms in total. The molecule has 2 aromatic rings. The fraction of sp³-hybridized carbons (Fsp3) is 0.423. The highest BCUT2D eigenvalue weighted by Gasteiger charge is 2.32. The summed E-state index contributed by atoms with van der Waals surface area (Å²) < 4.78 is 5.61. The highest BCUT2D eigenvalue weighted by atomic mass is 16.5. The Balaban J connectivity index is 1.31. The van der Waals surface area contributed by atoms with Crippen LogP contribution in [0.25, 0.3) is 11.1 Å². The van der Waals surface area contributed by atoms with Crippen LogP contribution in [0.5, 0.6) is 0 Å². The maximum absolute atomic E-state index is 12.6. The van der Waals surface area contributed by atoms with Gasteiger partial charge in [-0.2, -0.15) is 0 Å². The van der Waals surface area contributed by atoms with Crippen LogP contribution in [0.3, 0.4) is 0 Å². The van der Waals surface area contributed by atoms with Gasteiger partial charge < -0.3 is 25.6 Å². The standard InChI is InChI=1S/C26H30N2O6/c29-13-12-23(25(31)32)28-24(30)16-6-5-7-17(14-16)27-26(33)34-15-22-20-10-3-1-8-18(20)19-9-2-4-11-21(19)22/h1-4,8-11,16-17,22-23,29H,5-7,12-15H2,(H,27,33)(H,28,30)(H,31,32)/t16-,17+,23?/m1/s1. The van der Waals surface area contributed by atoms with E-state index in [4.69, 9.17) is 9.84 Å². The van der Waals surface area contributed by atoms with Crippen molar-refractivity contribution in [1.82, 2.24) is 10.6 Å². The molecular weight excluding hydrogens is 436 g/mol. The summed E-state index contributed by atoms with van der Waals surface area (Å²) >= 11 is 0. The van der Waals surface area contributed by atoms with E-state index in [-0.39, 0.29) is 37.5 Å². The highest BCUT2D eigenvalue weighted by Crippen LogP contribution is 2.44. The smallest absolute Gasteiger partial charge is 0.407 e. The molecule has 0 aliphatic heterocycles. The predicted molar refractivity (Wildman–Crippen MR) is 125 cm³/mol. The van der Waals surface area contributed by atoms with Crippen molar-refractivity contribution < 1.29 is 29.3 Å². The summed E-state index contributed by atoms with van der Waals surface area (Å²) in [4.78, 5) is 36.4. The van der Waals surface area contributed by atoms with E-state index in [9.17, 15) is 19.5 Å². The normalized spacial score (nSPS) is 20.0. The molecule has 2 aromatic carbocycles. The monoisotopic (exact) mass is 466 g/mol. The topological polar surface area (TPSA) is 125 Å². The number of benzene rings is 2. The first-order chi connectivity index (χ1) is 16.5. The lowest BCUT2D eigenvalue weighted by Gasteiger charge is -2.29. The van der Waals surface area contributed by atoms with Gasteiger partial charge in [0.15, 0.2) is 0 Å². The molecule has 1 saturated carbocycles. The number of nitrogens with one attached hydrogen (secondary N) is 2. The van der Waals surface area contributed by atoms with E-state index in [0.717, 1.165) is 35.1 Å². The maximum Gasteiger partial charge on any atom is 0.407 e. The number of ether oxygens (including phenoxy) is 1. The van der Waals surface area contributed by atoms with Gasteiger partial charge in [-0.1, -0.05) is 55.0 Å². The number of carboxylic acid groups (broad SMARTS) is 1. The maximum atomic E-state index is 12.6. The van der Waals surface area contributed by atoms with Crippen LogP contribution in [0.1, 0.15) is 49.1 Å². The van der Waals surface area contributed by atoms with Gasteiger partial charge in [0.2, 0.25) is 5.91 Å². The Hall–Kier alpha value is -3.39. The van der Waals surface area contributed by atoms with Crippen LogP contribution in [-0.4, -0.2) is 53.5 Å². The van der Waals surface area contributed by atoms with Crippen molar-refractivity contribution in [3.05, 3.63) is 59.7 Å². The fourth-order valence-electron chi connectivity index (χ4n) is 5.04. The molecule has 1 fully saturated rings. The van der Waals surface area contributed by atoms with E-state index in [1.165, 1.54) is 0 Å². The number of alkyl carbamates (subject to hydrolysis) is 1. The van der Waals surface area contributed by atoms with Crippen LogP contribution in [0, 0.1) is 5.92 Å². The molecule has 2 aliphatic carbocycles. The molecule has 1 unspecified atom stereocenters. The second-order valence-corrected chi connectivity index (χ2v) is 8.94. The van der Waals surface area contributed by atoms with Crippen LogP contribution in [0.4, 0.5) is 4.79 Å². The lowest BCUT2D eigenvalue weighted by molar-refractivity contribution is -0.143. The Morgan fingerprint density at radius 2 is 1.65 bits per heavy atom. The number of aliphatic hydroxyl groups excluding tert-OH is 1. The van der Waals surface area contributed by atoms with Crippen molar-refractivity contribution in [2.75, 3.05) is 13.2 Å². The van der Waals surface area contributed by atoms with Gasteiger partial charge in [-0.3, -0.25) is 4.79 Å². The first kappa shape index (κ1) is 23.8. The summed E-state index contributed by atoms with van der Waals surface area (Å²) in [7, 11) is 0. The Labute approximate surface area is 198 Å². The van der Waals surface area contributed by atoms with Crippen molar-refractivity contribution in [3.63, 3.8) is 0 Å². The first-order valence-electron chi connectivity index (χ1n) is 11.7. The van der Waals surface area contributed by atoms with Crippen molar-refractivity contribution in [2.45, 2.75) is 50.1 Å². The number of amides is 2. The number of carbonyl (C=O) groups excluding carboxylic acids is 2. The van der Waals surface area contributed by atoms with Crippen LogP contribution in [0.15, 0.2) is 48.5 Å². The molecule has 0 heterocycles. The molecule has 2 aliphatic rings. The van der Waals surface area contributed by atoms with Crippen molar-refractivity contribution in [2.24, 2.45) is 5.92 Å². The van der Waals surface area contributed by atoms with Gasteiger partial charge in [0.25, 0.3) is 0 Å². The molecule has 3 atom stereocenters. The molecule has 8 heteroatoms. The van der Waals surface area contributed by atoms with Gasteiger partial charge in [-0.05, 0) is 41.5 Å². The molecular formula is C26H30N2O6. The molecule has 4 rings (SSSR count). The summed E-state index contributed by atoms with van der Waals surface area (Å²) in [5, 5.41) is 23.6. The number of carboxylic acids is 1. The zero-order valence-electron chi connectivity index (χ0n) is 18.9. The number of hydrogen-bond acceptors (Lipinski definition) is 5. The predicted octanol–water partition coefficient (Wildman–Crippen LogP) is 3.04. The number of hydrogen-bond donors (Lipinski definition) is 4. The van der Waals surface area contributed by atoms with Crippen molar-refractivity contribution >= 4 is 18.0 Å². The van der Waals surface area contributed by atoms with E-state index in [2.05, 4.69) is 34.9 Å². The summed E-state index contributed by atoms with van der Waals surface area (Å²) in [6.45, 7) is -0.105. The molecule has 0 aromatic heterocycles. The van der Waals surface area contributed by atoms with Crippen LogP contribution >= 0.6 is 0 Å². The molecule has 4 N–H and O–H groups in total. The molecule has 0 saturated heterocycles. The SMILES string of the molecule is O=C(N[C@H]1CCC[C@@H](C(=O)NC(CCO)C(=O)O)C1)OCC1c2ccccc2-c2ccccc21. The van der Waals surface area contributed by atoms with E-state index in [1.807, 2.05) is 24.3 Å². The average molecular weight is 467 g/mol. The first-order valence-corrected chi connectivity index (χ1v) is 11.7. The van der Waals surface area contributed by atoms with E-state index >= 15 is 0 Å². The number of aliphatic carboxylic acids is 1. The van der Waals surface area contributed by atoms with Gasteiger partial charge >= 0.3 is 12.1 Å². The second kappa shape index (κ2) is 10.7. The van der Waals surface area contributed by atoms with Crippen LogP contribution < -0.4 is 10.6 Å². The third-order valence-electron chi connectivity index (χ3n) is 6.74. The van der Waals surface area contributed by atoms with Gasteiger partial charge in [0.05, 0.1) is 0 Å². The van der Waals surface area contributed by atoms with Gasteiger partial charge in [-0.15, -0.1) is 0 Å². The highest BCUT2D eigenvalue weighted by molar-refractivity contribution is 5.85. The van der Waals surface area contributed by atoms with Crippen LogP contribution in [0.2, 0.25) is 0 Å². The summed E-state index contributed by atoms with van der Waals surface area (Å²) in [6, 6.07) is 14.9. The van der Waals surface area contributed by atoms with Crippen molar-refractivity contribution in [1.29, 1.82) is 0 Å². The minimum atomic E-state index is -1.17. The summed E-state index contributed by atoms with van der Waals surface area (Å²) in [5.74, 6) is -1.96. The second-order valence-electron chi connectivity index (χ2n) is 8.94. The molecule has 0 bridgehead atoms. The molecule has 2 amide bonds. The van der Waals surface area contributed by atoms with Crippen LogP contribution in [-0.2, 0) is 14.3 Å². The van der Waals surface area contributed by atoms with Gasteiger partial charge in [0, 0.05) is 30.9 Å². The van der Waals surface area contributed by atoms with Gasteiger partial charge in [0.1, 0.15) is 12.6 Å². The Kier molecular flexibility index (Phi) is 7.47. The lowest BCUT2D eigenvalue weighted by Crippen LogP contribution is -2.47. The Morgan fingerprint density at radius 1 is 1.00 bits per heavy atom. The van der Waals surface area contributed by atoms with Gasteiger partial charge in [-0.25, -0.2) is 9.59 Å². The van der Waals surface area contributed by atoms with E-state index in [1.54, 1.807) is 0 Å². The Bertz CT molecular complexity index is 1010. The summed E-state index contributed by atoms with van der Waals surface area (Å²) in [5.41, 5.74) is 4.60. The van der Waals surface area contributed by atoms with E-state index < -0.39 is 24.0 Å². The van der Waals surface area contributed by atoms with Crippen molar-refractivity contribution in [3.8, 4) is 11.1 Å². The minimum Gasteiger partial charge on any atom is -0.480 e. The largest absolute Gasteiger partial charge is 0.480 e. The fourth-order valence-corrected chi connectivity index (χ4v) is 5.04. The number of aliphatic hydroxyl groups is 1. The molecule has 34 heavy (non-hydrogen) atoms. The zero-order valence-corrected chi connectivity index (χ0v) is 18.9. The quantitative estimate of drug-likeness (QED) is 0.474. The zero-order chi connectivity index (χ0) is 24.1. The lowest BCUT2D eigenvalue weighted by atomic mass is 9.85. The molecule has 0 radical (unpaired) electrons. The number of carbonyl (C=O) groups is 3. The third kappa shape index (κ3) is 5.22. The number of rotatable bonds is 8. The Morgan fingerprint density at radius 3 is 2.26 bits per heavy atom. The molecule has 180 valence electrons. The summed E-state index contributed by atoms with van der Waals surface area (Å²) in [6.07, 6.45) is 1.95. The van der Waals surface area contributed by atoms with E-state index in [0.29, 0.717) is 12.8 Å². The molecule has 0 spiro atoms. The number of fused-ring (bicyclic) bond motifs is 3. The average Bonchev–Trinajstić information content (AvgIpc) is 3.16. The third-order valence-corrected chi connectivity index (χ3v) is 6.74. The minimum absolute atomic E-state index is 0.0255.